The molecule has 4 heteroatoms. The van der Waals surface area contributed by atoms with Gasteiger partial charge in [-0.1, -0.05) is 0 Å². The van der Waals surface area contributed by atoms with Crippen molar-refractivity contribution in [2.24, 2.45) is 5.73 Å². The van der Waals surface area contributed by atoms with E-state index in [1.165, 1.54) is 12.1 Å². The lowest BCUT2D eigenvalue weighted by Crippen LogP contribution is -2.42. The van der Waals surface area contributed by atoms with Crippen LogP contribution < -0.4 is 10.6 Å². The molecule has 1 saturated heterocycles. The molecule has 19 heavy (non-hydrogen) atoms. The molecule has 0 aromatic heterocycles. The molecule has 1 aromatic carbocycles. The minimum atomic E-state index is -0.179. The second kappa shape index (κ2) is 6.35. The maximum Gasteiger partial charge on any atom is 0.123 e. The van der Waals surface area contributed by atoms with Gasteiger partial charge in [0.15, 0.2) is 0 Å². The average Bonchev–Trinajstić information content (AvgIpc) is 2.54. The van der Waals surface area contributed by atoms with Crippen LogP contribution in [0.2, 0.25) is 0 Å². The van der Waals surface area contributed by atoms with Crippen molar-refractivity contribution in [3.05, 3.63) is 30.1 Å². The van der Waals surface area contributed by atoms with Gasteiger partial charge in [-0.3, -0.25) is 0 Å². The van der Waals surface area contributed by atoms with Gasteiger partial charge in [-0.2, -0.15) is 0 Å². The summed E-state index contributed by atoms with van der Waals surface area (Å²) in [5, 5.41) is 0. The van der Waals surface area contributed by atoms with Gasteiger partial charge in [0.1, 0.15) is 5.82 Å². The number of benzene rings is 1. The van der Waals surface area contributed by atoms with Gasteiger partial charge in [-0.05, 0) is 57.6 Å². The molecule has 1 heterocycles. The first kappa shape index (κ1) is 14.3. The van der Waals surface area contributed by atoms with E-state index in [4.69, 9.17) is 5.73 Å². The Morgan fingerprint density at radius 1 is 1.32 bits per heavy atom. The van der Waals surface area contributed by atoms with Crippen LogP contribution in [0.5, 0.6) is 0 Å². The van der Waals surface area contributed by atoms with Crippen molar-refractivity contribution in [2.45, 2.75) is 31.8 Å². The number of nitrogens with zero attached hydrogens (tertiary/aromatic N) is 2. The summed E-state index contributed by atoms with van der Waals surface area (Å²) in [5.74, 6) is -0.179. The molecule has 2 unspecified atom stereocenters. The summed E-state index contributed by atoms with van der Waals surface area (Å²) >= 11 is 0. The van der Waals surface area contributed by atoms with Crippen LogP contribution >= 0.6 is 0 Å². The Hall–Kier alpha value is -1.13. The van der Waals surface area contributed by atoms with Gasteiger partial charge in [0.05, 0.1) is 0 Å². The highest BCUT2D eigenvalue weighted by Crippen LogP contribution is 2.23. The van der Waals surface area contributed by atoms with Gasteiger partial charge < -0.3 is 15.5 Å². The molecule has 1 fully saturated rings. The third kappa shape index (κ3) is 3.45. The van der Waals surface area contributed by atoms with Crippen LogP contribution in [0.3, 0.4) is 0 Å². The minimum Gasteiger partial charge on any atom is -0.367 e. The number of rotatable bonds is 3. The van der Waals surface area contributed by atoms with Gasteiger partial charge in [0.25, 0.3) is 0 Å². The van der Waals surface area contributed by atoms with Crippen molar-refractivity contribution < 1.29 is 4.39 Å². The number of hydrogen-bond acceptors (Lipinski definition) is 3. The molecule has 0 aliphatic carbocycles. The zero-order valence-electron chi connectivity index (χ0n) is 11.8. The highest BCUT2D eigenvalue weighted by molar-refractivity contribution is 5.47. The van der Waals surface area contributed by atoms with Gasteiger partial charge in [-0.15, -0.1) is 0 Å². The Kier molecular flexibility index (Phi) is 4.77. The standard InChI is InChI=1S/C15H24FN3/c1-12-8-10-18(2)15(7-9-17)11-19(12)14-5-3-13(16)4-6-14/h3-6,12,15H,7-11,17H2,1-2H3. The van der Waals surface area contributed by atoms with Crippen molar-refractivity contribution in [3.8, 4) is 0 Å². The summed E-state index contributed by atoms with van der Waals surface area (Å²) in [4.78, 5) is 4.77. The van der Waals surface area contributed by atoms with Crippen molar-refractivity contribution in [3.63, 3.8) is 0 Å². The largest absolute Gasteiger partial charge is 0.367 e. The monoisotopic (exact) mass is 265 g/mol. The lowest BCUT2D eigenvalue weighted by Gasteiger charge is -2.32. The van der Waals surface area contributed by atoms with Gasteiger partial charge in [0.2, 0.25) is 0 Å². The van der Waals surface area contributed by atoms with Crippen molar-refractivity contribution in [1.29, 1.82) is 0 Å². The highest BCUT2D eigenvalue weighted by Gasteiger charge is 2.26. The molecule has 2 atom stereocenters. The van der Waals surface area contributed by atoms with Crippen LogP contribution in [-0.4, -0.2) is 43.7 Å². The Morgan fingerprint density at radius 2 is 2.00 bits per heavy atom. The molecule has 3 nitrogen and oxygen atoms in total. The van der Waals surface area contributed by atoms with Crippen LogP contribution in [0.1, 0.15) is 19.8 Å². The molecule has 0 bridgehead atoms. The van der Waals surface area contributed by atoms with Crippen LogP contribution in [-0.2, 0) is 0 Å². The summed E-state index contributed by atoms with van der Waals surface area (Å²) in [7, 11) is 2.17. The van der Waals surface area contributed by atoms with Gasteiger partial charge >= 0.3 is 0 Å². The third-order valence-corrected chi connectivity index (χ3v) is 4.12. The molecule has 2 rings (SSSR count). The Bertz CT molecular complexity index is 393. The number of halogens is 1. The van der Waals surface area contributed by atoms with Crippen molar-refractivity contribution >= 4 is 5.69 Å². The molecular formula is C15H24FN3. The van der Waals surface area contributed by atoms with E-state index in [9.17, 15) is 4.39 Å². The molecule has 0 amide bonds. The van der Waals surface area contributed by atoms with Crippen LogP contribution in [0.15, 0.2) is 24.3 Å². The third-order valence-electron chi connectivity index (χ3n) is 4.12. The Balaban J connectivity index is 2.18. The number of hydrogen-bond donors (Lipinski definition) is 1. The summed E-state index contributed by atoms with van der Waals surface area (Å²) < 4.78 is 13.0. The fourth-order valence-electron chi connectivity index (χ4n) is 2.77. The first-order chi connectivity index (χ1) is 9.11. The Morgan fingerprint density at radius 3 is 2.63 bits per heavy atom. The smallest absolute Gasteiger partial charge is 0.123 e. The van der Waals surface area contributed by atoms with Crippen molar-refractivity contribution in [1.82, 2.24) is 4.90 Å². The number of anilines is 1. The van der Waals surface area contributed by atoms with Gasteiger partial charge in [0, 0.05) is 30.9 Å². The van der Waals surface area contributed by atoms with E-state index in [0.29, 0.717) is 18.6 Å². The topological polar surface area (TPSA) is 32.5 Å². The van der Waals surface area contributed by atoms with E-state index in [-0.39, 0.29) is 5.82 Å². The zero-order valence-corrected chi connectivity index (χ0v) is 11.8. The first-order valence-corrected chi connectivity index (χ1v) is 7.04. The predicted octanol–water partition coefficient (Wildman–Crippen LogP) is 2.07. The van der Waals surface area contributed by atoms with E-state index in [2.05, 4.69) is 23.8 Å². The summed E-state index contributed by atoms with van der Waals surface area (Å²) in [6.07, 6.45) is 2.12. The van der Waals surface area contributed by atoms with Crippen LogP contribution in [0, 0.1) is 5.82 Å². The minimum absolute atomic E-state index is 0.179. The quantitative estimate of drug-likeness (QED) is 0.908. The van der Waals surface area contributed by atoms with E-state index in [1.54, 1.807) is 0 Å². The molecule has 1 aromatic rings. The first-order valence-electron chi connectivity index (χ1n) is 7.04. The maximum absolute atomic E-state index is 13.0. The summed E-state index contributed by atoms with van der Waals surface area (Å²) in [5.41, 5.74) is 6.82. The van der Waals surface area contributed by atoms with Crippen LogP contribution in [0.25, 0.3) is 0 Å². The molecule has 2 N–H and O–H groups in total. The fourth-order valence-corrected chi connectivity index (χ4v) is 2.77. The molecule has 0 saturated carbocycles. The molecule has 0 spiro atoms. The molecular weight excluding hydrogens is 241 g/mol. The van der Waals surface area contributed by atoms with E-state index >= 15 is 0 Å². The summed E-state index contributed by atoms with van der Waals surface area (Å²) in [6, 6.07) is 7.76. The lowest BCUT2D eigenvalue weighted by atomic mass is 10.1. The van der Waals surface area contributed by atoms with Gasteiger partial charge in [-0.25, -0.2) is 4.39 Å². The number of likely N-dealkylation sites (N-methyl/N-ethyl adjacent to an activating group) is 1. The zero-order chi connectivity index (χ0) is 13.8. The second-order valence-corrected chi connectivity index (χ2v) is 5.48. The lowest BCUT2D eigenvalue weighted by molar-refractivity contribution is 0.250. The van der Waals surface area contributed by atoms with Crippen molar-refractivity contribution in [2.75, 3.05) is 31.6 Å². The maximum atomic E-state index is 13.0. The fraction of sp³-hybridized carbons (Fsp3) is 0.600. The second-order valence-electron chi connectivity index (χ2n) is 5.48. The van der Waals surface area contributed by atoms with Crippen LogP contribution in [0.4, 0.5) is 10.1 Å². The normalized spacial score (nSPS) is 25.4. The molecule has 1 aliphatic rings. The molecule has 0 radical (unpaired) electrons. The predicted molar refractivity (Wildman–Crippen MR) is 77.9 cm³/mol. The molecule has 106 valence electrons. The van der Waals surface area contributed by atoms with E-state index < -0.39 is 0 Å². The Labute approximate surface area is 115 Å². The van der Waals surface area contributed by atoms with E-state index in [1.807, 2.05) is 12.1 Å². The SMILES string of the molecule is CC1CCN(C)C(CCN)CN1c1ccc(F)cc1. The summed E-state index contributed by atoms with van der Waals surface area (Å²) in [6.45, 7) is 4.99. The van der Waals surface area contributed by atoms with E-state index in [0.717, 1.165) is 31.6 Å². The molecule has 1 aliphatic heterocycles. The average molecular weight is 265 g/mol. The number of nitrogens with two attached hydrogens (primary N) is 1. The highest BCUT2D eigenvalue weighted by atomic mass is 19.1.